The zero-order valence-electron chi connectivity index (χ0n) is 14.2. The second kappa shape index (κ2) is 7.52. The van der Waals surface area contributed by atoms with Crippen LogP contribution in [0.2, 0.25) is 50.4 Å². The second-order valence-electron chi connectivity index (χ2n) is 7.13. The molecule has 0 aliphatic carbocycles. The molecule has 0 aromatic carbocycles. The van der Waals surface area contributed by atoms with Crippen molar-refractivity contribution in [1.29, 1.82) is 0 Å². The molecule has 0 aromatic rings. The highest BCUT2D eigenvalue weighted by atomic mass is 28.4. The van der Waals surface area contributed by atoms with Gasteiger partial charge in [0.1, 0.15) is 0 Å². The average Bonchev–Trinajstić information content (AvgIpc) is 2.35. The van der Waals surface area contributed by atoms with E-state index in [1.165, 1.54) is 30.6 Å². The molecule has 21 heavy (non-hydrogen) atoms. The highest BCUT2D eigenvalue weighted by Gasteiger charge is 2.39. The van der Waals surface area contributed by atoms with Gasteiger partial charge in [0.2, 0.25) is 0 Å². The normalized spacial score (nSPS) is 37.6. The molecule has 2 aliphatic rings. The van der Waals surface area contributed by atoms with Crippen molar-refractivity contribution in [3.8, 4) is 0 Å². The van der Waals surface area contributed by atoms with Gasteiger partial charge in [0, 0.05) is 13.2 Å². The average molecular weight is 363 g/mol. The number of rotatable bonds is 5. The van der Waals surface area contributed by atoms with Gasteiger partial charge in [0.05, 0.1) is 0 Å². The summed E-state index contributed by atoms with van der Waals surface area (Å²) in [6, 6.07) is 4.90. The summed E-state index contributed by atoms with van der Waals surface area (Å²) in [6.45, 7) is 13.3. The molecule has 0 saturated carbocycles. The van der Waals surface area contributed by atoms with E-state index in [1.54, 1.807) is 0 Å². The summed E-state index contributed by atoms with van der Waals surface area (Å²) in [5, 5.41) is 0. The molecule has 2 aliphatic heterocycles. The summed E-state index contributed by atoms with van der Waals surface area (Å²) >= 11 is 0. The Morgan fingerprint density at radius 2 is 1.48 bits per heavy atom. The Kier molecular flexibility index (Phi) is 6.46. The lowest BCUT2D eigenvalue weighted by atomic mass is 10.2. The Bertz CT molecular complexity index is 348. The minimum atomic E-state index is -1.51. The predicted molar refractivity (Wildman–Crippen MR) is 93.6 cm³/mol. The Labute approximate surface area is 135 Å². The third kappa shape index (κ3) is 5.68. The van der Waals surface area contributed by atoms with Gasteiger partial charge in [-0.15, -0.1) is 0 Å². The van der Waals surface area contributed by atoms with Gasteiger partial charge in [-0.1, -0.05) is 13.3 Å². The quantitative estimate of drug-likeness (QED) is 0.702. The first kappa shape index (κ1) is 18.1. The van der Waals surface area contributed by atoms with Gasteiger partial charge < -0.3 is 17.1 Å². The van der Waals surface area contributed by atoms with Gasteiger partial charge >= 0.3 is 18.6 Å². The molecular weight excluding hydrogens is 332 g/mol. The van der Waals surface area contributed by atoms with Crippen LogP contribution in [0.15, 0.2) is 0 Å². The fourth-order valence-corrected chi connectivity index (χ4v) is 16.5. The topological polar surface area (TPSA) is 36.9 Å². The Balaban J connectivity index is 1.77. The van der Waals surface area contributed by atoms with E-state index in [1.807, 2.05) is 0 Å². The molecular formula is C13H30O4Si4. The monoisotopic (exact) mass is 362 g/mol. The van der Waals surface area contributed by atoms with E-state index in [-0.39, 0.29) is 0 Å². The van der Waals surface area contributed by atoms with Gasteiger partial charge in [-0.3, -0.25) is 0 Å². The summed E-state index contributed by atoms with van der Waals surface area (Å²) < 4.78 is 23.8. The van der Waals surface area contributed by atoms with Crippen LogP contribution in [0.1, 0.15) is 13.3 Å². The molecule has 0 N–H and O–H groups in total. The van der Waals surface area contributed by atoms with Crippen molar-refractivity contribution in [2.24, 2.45) is 5.92 Å². The molecule has 3 atom stereocenters. The molecule has 3 unspecified atom stereocenters. The predicted octanol–water partition coefficient (Wildman–Crippen LogP) is 3.49. The van der Waals surface area contributed by atoms with Crippen molar-refractivity contribution in [3.05, 3.63) is 0 Å². The zero-order chi connectivity index (χ0) is 15.5. The highest BCUT2D eigenvalue weighted by molar-refractivity contribution is 6.79. The first-order valence-corrected chi connectivity index (χ1v) is 17.4. The molecule has 0 bridgehead atoms. The van der Waals surface area contributed by atoms with E-state index >= 15 is 0 Å². The van der Waals surface area contributed by atoms with Crippen molar-refractivity contribution in [1.82, 2.24) is 0 Å². The molecule has 2 rings (SSSR count). The fourth-order valence-electron chi connectivity index (χ4n) is 3.39. The molecule has 0 aromatic heterocycles. The number of hydrogen-bond acceptors (Lipinski definition) is 4. The molecule has 0 spiro atoms. The van der Waals surface area contributed by atoms with Crippen molar-refractivity contribution in [2.45, 2.75) is 63.7 Å². The molecule has 2 heterocycles. The van der Waals surface area contributed by atoms with Gasteiger partial charge in [-0.25, -0.2) is 0 Å². The van der Waals surface area contributed by atoms with Crippen LogP contribution in [0.5, 0.6) is 0 Å². The van der Waals surface area contributed by atoms with Crippen molar-refractivity contribution >= 4 is 35.2 Å². The van der Waals surface area contributed by atoms with Crippen LogP contribution in [-0.4, -0.2) is 48.4 Å². The second-order valence-corrected chi connectivity index (χ2v) is 19.0. The van der Waals surface area contributed by atoms with Crippen LogP contribution in [-0.2, 0) is 17.1 Å². The van der Waals surface area contributed by atoms with Crippen LogP contribution < -0.4 is 0 Å². The van der Waals surface area contributed by atoms with E-state index in [0.717, 1.165) is 19.1 Å². The molecule has 2 radical (unpaired) electrons. The summed E-state index contributed by atoms with van der Waals surface area (Å²) in [4.78, 5) is 0. The molecule has 4 nitrogen and oxygen atoms in total. The SMILES string of the molecule is CC(CC[Si]1(C)CCO[Si](C)O1)C[Si]1(C)CCO[Si](C)O1. The maximum atomic E-state index is 6.26. The molecule has 2 saturated heterocycles. The van der Waals surface area contributed by atoms with E-state index < -0.39 is 35.2 Å². The van der Waals surface area contributed by atoms with Crippen LogP contribution in [0.4, 0.5) is 0 Å². The Morgan fingerprint density at radius 3 is 2.05 bits per heavy atom. The summed E-state index contributed by atoms with van der Waals surface area (Å²) in [5.41, 5.74) is 0. The lowest BCUT2D eigenvalue weighted by molar-refractivity contribution is 0.247. The zero-order valence-corrected chi connectivity index (χ0v) is 18.2. The fraction of sp³-hybridized carbons (Fsp3) is 1.00. The van der Waals surface area contributed by atoms with Crippen molar-refractivity contribution in [3.63, 3.8) is 0 Å². The van der Waals surface area contributed by atoms with Crippen LogP contribution in [0, 0.1) is 5.92 Å². The third-order valence-corrected chi connectivity index (χ3v) is 17.5. The minimum absolute atomic E-state index is 0.748. The van der Waals surface area contributed by atoms with E-state index in [2.05, 4.69) is 33.1 Å². The highest BCUT2D eigenvalue weighted by Crippen LogP contribution is 2.32. The van der Waals surface area contributed by atoms with E-state index in [0.29, 0.717) is 0 Å². The largest absolute Gasteiger partial charge is 0.435 e. The van der Waals surface area contributed by atoms with Gasteiger partial charge in [0.15, 0.2) is 16.6 Å². The van der Waals surface area contributed by atoms with Crippen LogP contribution in [0.25, 0.3) is 0 Å². The standard InChI is InChI=1S/C13H30O4Si4/c1-13(12-21(5)11-8-15-19(3)17-21)6-9-20(4)10-7-14-18(2)16-20/h13H,6-12H2,1-5H3. The van der Waals surface area contributed by atoms with Gasteiger partial charge in [0.25, 0.3) is 0 Å². The minimum Gasteiger partial charge on any atom is -0.435 e. The Hall–Kier alpha value is 0.708. The lowest BCUT2D eigenvalue weighted by Gasteiger charge is -2.38. The maximum absolute atomic E-state index is 6.26. The summed E-state index contributed by atoms with van der Waals surface area (Å²) in [7, 11) is -4.92. The van der Waals surface area contributed by atoms with Crippen molar-refractivity contribution in [2.75, 3.05) is 13.2 Å². The number of hydrogen-bond donors (Lipinski definition) is 0. The van der Waals surface area contributed by atoms with Crippen LogP contribution in [0.3, 0.4) is 0 Å². The smallest absolute Gasteiger partial charge is 0.370 e. The molecule has 2 fully saturated rings. The first-order valence-electron chi connectivity index (χ1n) is 8.11. The summed E-state index contributed by atoms with van der Waals surface area (Å²) in [6.07, 6.45) is 1.29. The van der Waals surface area contributed by atoms with Crippen molar-refractivity contribution < 1.29 is 17.1 Å². The molecule has 122 valence electrons. The lowest BCUT2D eigenvalue weighted by Crippen LogP contribution is -2.48. The molecule has 8 heteroatoms. The first-order chi connectivity index (χ1) is 9.80. The Morgan fingerprint density at radius 1 is 0.952 bits per heavy atom. The van der Waals surface area contributed by atoms with Gasteiger partial charge in [-0.05, 0) is 56.3 Å². The van der Waals surface area contributed by atoms with E-state index in [4.69, 9.17) is 17.1 Å². The summed E-state index contributed by atoms with van der Waals surface area (Å²) in [5.74, 6) is 0.748. The third-order valence-electron chi connectivity index (χ3n) is 4.60. The van der Waals surface area contributed by atoms with Gasteiger partial charge in [-0.2, -0.15) is 0 Å². The van der Waals surface area contributed by atoms with Crippen LogP contribution >= 0.6 is 0 Å². The maximum Gasteiger partial charge on any atom is 0.370 e. The van der Waals surface area contributed by atoms with E-state index in [9.17, 15) is 0 Å². The molecule has 0 amide bonds.